The summed E-state index contributed by atoms with van der Waals surface area (Å²) in [7, 11) is -3.00. The number of hydrogen-bond donors (Lipinski definition) is 0. The Morgan fingerprint density at radius 3 is 1.57 bits per heavy atom. The number of benzene rings is 5. The summed E-state index contributed by atoms with van der Waals surface area (Å²) in [6.07, 6.45) is 0. The van der Waals surface area contributed by atoms with E-state index in [1.807, 2.05) is 78.9 Å². The van der Waals surface area contributed by atoms with Crippen molar-refractivity contribution in [1.82, 2.24) is 0 Å². The summed E-state index contributed by atoms with van der Waals surface area (Å²) in [5.41, 5.74) is 0. The van der Waals surface area contributed by atoms with E-state index in [1.54, 1.807) is 0 Å². The van der Waals surface area contributed by atoms with Crippen molar-refractivity contribution >= 4 is 44.6 Å². The molecular formula is C26H19OP. The highest BCUT2D eigenvalue weighted by Crippen LogP contribution is 2.44. The van der Waals surface area contributed by atoms with Crippen LogP contribution in [0, 0.1) is 0 Å². The first-order valence-corrected chi connectivity index (χ1v) is 11.1. The van der Waals surface area contributed by atoms with E-state index in [0.29, 0.717) is 0 Å². The van der Waals surface area contributed by atoms with Crippen LogP contribution in [0.1, 0.15) is 0 Å². The largest absolute Gasteiger partial charge is 0.309 e. The van der Waals surface area contributed by atoms with E-state index in [9.17, 15) is 4.57 Å². The maximum Gasteiger partial charge on any atom is 0.171 e. The molecule has 134 valence electrons. The maximum atomic E-state index is 14.8. The molecule has 0 unspecified atom stereocenters. The van der Waals surface area contributed by atoms with Crippen LogP contribution in [0.2, 0.25) is 0 Å². The van der Waals surface area contributed by atoms with Gasteiger partial charge in [0, 0.05) is 15.9 Å². The standard InChI is InChI=1S/C26H19OP/c27-28(23-13-3-1-4-14-23,24-15-5-2-6-16-24)26-17-9-12-22-18-20-10-7-8-11-21(20)19-25(22)26/h1-19H. The second kappa shape index (κ2) is 6.78. The first-order chi connectivity index (χ1) is 13.8. The Balaban J connectivity index is 1.89. The molecule has 0 N–H and O–H groups in total. The van der Waals surface area contributed by atoms with Gasteiger partial charge in [-0.25, -0.2) is 0 Å². The molecule has 0 atom stereocenters. The molecule has 0 saturated heterocycles. The zero-order valence-electron chi connectivity index (χ0n) is 15.3. The van der Waals surface area contributed by atoms with Gasteiger partial charge in [-0.2, -0.15) is 0 Å². The molecule has 0 radical (unpaired) electrons. The van der Waals surface area contributed by atoms with E-state index in [-0.39, 0.29) is 0 Å². The summed E-state index contributed by atoms with van der Waals surface area (Å²) < 4.78 is 14.8. The van der Waals surface area contributed by atoms with E-state index < -0.39 is 7.14 Å². The molecule has 0 bridgehead atoms. The Kier molecular flexibility index (Phi) is 4.11. The monoisotopic (exact) mass is 378 g/mol. The molecule has 5 rings (SSSR count). The normalized spacial score (nSPS) is 11.7. The van der Waals surface area contributed by atoms with Gasteiger partial charge in [0.15, 0.2) is 7.14 Å². The molecule has 0 aliphatic carbocycles. The molecule has 0 amide bonds. The van der Waals surface area contributed by atoms with E-state index in [4.69, 9.17) is 0 Å². The average Bonchev–Trinajstić information content (AvgIpc) is 2.78. The minimum atomic E-state index is -3.00. The van der Waals surface area contributed by atoms with Crippen LogP contribution in [0.5, 0.6) is 0 Å². The Bertz CT molecular complexity index is 1280. The molecule has 0 aliphatic heterocycles. The minimum Gasteiger partial charge on any atom is -0.309 e. The molecule has 5 aromatic carbocycles. The second-order valence-corrected chi connectivity index (χ2v) is 9.71. The predicted molar refractivity (Wildman–Crippen MR) is 121 cm³/mol. The predicted octanol–water partition coefficient (Wildman–Crippen LogP) is 5.63. The van der Waals surface area contributed by atoms with Gasteiger partial charge in [0.05, 0.1) is 0 Å². The van der Waals surface area contributed by atoms with Crippen molar-refractivity contribution in [1.29, 1.82) is 0 Å². The Hall–Kier alpha value is -3.15. The van der Waals surface area contributed by atoms with Crippen LogP contribution in [-0.4, -0.2) is 0 Å². The van der Waals surface area contributed by atoms with Gasteiger partial charge in [0.1, 0.15) is 0 Å². The van der Waals surface area contributed by atoms with Gasteiger partial charge < -0.3 is 4.57 Å². The van der Waals surface area contributed by atoms with Gasteiger partial charge in [-0.1, -0.05) is 103 Å². The molecule has 2 heteroatoms. The van der Waals surface area contributed by atoms with Crippen LogP contribution in [-0.2, 0) is 4.57 Å². The van der Waals surface area contributed by atoms with Crippen molar-refractivity contribution in [2.24, 2.45) is 0 Å². The molecule has 0 aliphatic rings. The highest BCUT2D eigenvalue weighted by molar-refractivity contribution is 7.85. The molecule has 0 fully saturated rings. The first-order valence-electron chi connectivity index (χ1n) is 9.40. The van der Waals surface area contributed by atoms with Gasteiger partial charge >= 0.3 is 0 Å². The average molecular weight is 378 g/mol. The van der Waals surface area contributed by atoms with Gasteiger partial charge in [-0.3, -0.25) is 0 Å². The smallest absolute Gasteiger partial charge is 0.171 e. The fourth-order valence-corrected chi connectivity index (χ4v) is 6.80. The molecule has 0 saturated carbocycles. The van der Waals surface area contributed by atoms with Crippen molar-refractivity contribution in [3.63, 3.8) is 0 Å². The Labute approximate surface area is 164 Å². The Morgan fingerprint density at radius 2 is 0.964 bits per heavy atom. The van der Waals surface area contributed by atoms with Crippen LogP contribution in [0.3, 0.4) is 0 Å². The third-order valence-corrected chi connectivity index (χ3v) is 8.42. The number of rotatable bonds is 3. The van der Waals surface area contributed by atoms with Crippen molar-refractivity contribution in [3.8, 4) is 0 Å². The summed E-state index contributed by atoms with van der Waals surface area (Å²) in [6, 6.07) is 38.6. The van der Waals surface area contributed by atoms with Gasteiger partial charge in [0.25, 0.3) is 0 Å². The van der Waals surface area contributed by atoms with Gasteiger partial charge in [-0.15, -0.1) is 0 Å². The van der Waals surface area contributed by atoms with Crippen LogP contribution in [0.25, 0.3) is 21.5 Å². The van der Waals surface area contributed by atoms with E-state index in [1.165, 1.54) is 5.39 Å². The topological polar surface area (TPSA) is 17.1 Å². The minimum absolute atomic E-state index is 0.863. The first kappa shape index (κ1) is 17.0. The highest BCUT2D eigenvalue weighted by Gasteiger charge is 2.31. The van der Waals surface area contributed by atoms with Gasteiger partial charge in [-0.05, 0) is 33.7 Å². The summed E-state index contributed by atoms with van der Waals surface area (Å²) in [4.78, 5) is 0. The van der Waals surface area contributed by atoms with Crippen LogP contribution in [0.15, 0.2) is 115 Å². The third-order valence-electron chi connectivity index (χ3n) is 5.30. The zero-order chi connectivity index (χ0) is 19.0. The summed E-state index contributed by atoms with van der Waals surface area (Å²) >= 11 is 0. The zero-order valence-corrected chi connectivity index (χ0v) is 16.2. The highest BCUT2D eigenvalue weighted by atomic mass is 31.2. The van der Waals surface area contributed by atoms with Crippen LogP contribution >= 0.6 is 7.14 Å². The molecule has 1 nitrogen and oxygen atoms in total. The Morgan fingerprint density at radius 1 is 0.464 bits per heavy atom. The lowest BCUT2D eigenvalue weighted by molar-refractivity contribution is 0.592. The molecule has 0 aromatic heterocycles. The van der Waals surface area contributed by atoms with Crippen molar-refractivity contribution < 1.29 is 4.57 Å². The van der Waals surface area contributed by atoms with E-state index in [2.05, 4.69) is 36.4 Å². The SMILES string of the molecule is O=P(c1ccccc1)(c1ccccc1)c1cccc2cc3ccccc3cc12. The van der Waals surface area contributed by atoms with Crippen molar-refractivity contribution in [3.05, 3.63) is 115 Å². The lowest BCUT2D eigenvalue weighted by Crippen LogP contribution is -2.25. The number of fused-ring (bicyclic) bond motifs is 2. The summed E-state index contributed by atoms with van der Waals surface area (Å²) in [6.45, 7) is 0. The molecule has 28 heavy (non-hydrogen) atoms. The lowest BCUT2D eigenvalue weighted by Gasteiger charge is -2.22. The van der Waals surface area contributed by atoms with Crippen molar-refractivity contribution in [2.75, 3.05) is 0 Å². The summed E-state index contributed by atoms with van der Waals surface area (Å²) in [5.74, 6) is 0. The molecular weight excluding hydrogens is 359 g/mol. The van der Waals surface area contributed by atoms with Gasteiger partial charge in [0.2, 0.25) is 0 Å². The van der Waals surface area contributed by atoms with Crippen molar-refractivity contribution in [2.45, 2.75) is 0 Å². The summed E-state index contributed by atoms with van der Waals surface area (Å²) in [5, 5.41) is 7.15. The molecule has 5 aromatic rings. The quantitative estimate of drug-likeness (QED) is 0.294. The number of hydrogen-bond acceptors (Lipinski definition) is 1. The fourth-order valence-electron chi connectivity index (χ4n) is 3.93. The van der Waals surface area contributed by atoms with E-state index >= 15 is 0 Å². The second-order valence-electron chi connectivity index (χ2n) is 6.98. The van der Waals surface area contributed by atoms with Crippen LogP contribution in [0.4, 0.5) is 0 Å². The maximum absolute atomic E-state index is 14.8. The lowest BCUT2D eigenvalue weighted by atomic mass is 10.0. The van der Waals surface area contributed by atoms with Crippen LogP contribution < -0.4 is 15.9 Å². The van der Waals surface area contributed by atoms with E-state index in [0.717, 1.165) is 32.1 Å². The fraction of sp³-hybridized carbons (Fsp3) is 0. The third kappa shape index (κ3) is 2.68. The molecule has 0 heterocycles. The molecule has 0 spiro atoms.